The lowest BCUT2D eigenvalue weighted by molar-refractivity contribution is 0.669. The van der Waals surface area contributed by atoms with Gasteiger partial charge in [0.15, 0.2) is 5.58 Å². The van der Waals surface area contributed by atoms with Gasteiger partial charge in [0, 0.05) is 22.1 Å². The molecule has 0 spiro atoms. The Kier molecular flexibility index (Phi) is 7.53. The highest BCUT2D eigenvalue weighted by Crippen LogP contribution is 2.44. The normalized spacial score (nSPS) is 11.6. The lowest BCUT2D eigenvalue weighted by Gasteiger charge is -2.26. The molecule has 0 aliphatic carbocycles. The monoisotopic (exact) mass is 713 g/mol. The topological polar surface area (TPSA) is 16.4 Å². The van der Waals surface area contributed by atoms with E-state index in [-0.39, 0.29) is 0 Å². The van der Waals surface area contributed by atoms with Crippen molar-refractivity contribution in [1.82, 2.24) is 0 Å². The van der Waals surface area contributed by atoms with Crippen LogP contribution in [0.25, 0.3) is 87.6 Å². The van der Waals surface area contributed by atoms with E-state index in [2.05, 4.69) is 211 Å². The third-order valence-corrected chi connectivity index (χ3v) is 11.2. The van der Waals surface area contributed by atoms with Crippen LogP contribution in [0.1, 0.15) is 0 Å². The molecule has 1 heterocycles. The van der Waals surface area contributed by atoms with Gasteiger partial charge in [-0.15, -0.1) is 0 Å². The van der Waals surface area contributed by atoms with Crippen LogP contribution in [0.5, 0.6) is 0 Å². The molecular weight excluding hydrogens is 679 g/mol. The zero-order valence-corrected chi connectivity index (χ0v) is 30.6. The average molecular weight is 714 g/mol. The Labute approximate surface area is 325 Å². The third kappa shape index (κ3) is 5.42. The van der Waals surface area contributed by atoms with Gasteiger partial charge in [0.2, 0.25) is 0 Å². The first-order valence-corrected chi connectivity index (χ1v) is 19.2. The van der Waals surface area contributed by atoms with E-state index in [0.29, 0.717) is 0 Å². The number of furan rings is 1. The van der Waals surface area contributed by atoms with Crippen molar-refractivity contribution >= 4 is 71.3 Å². The quantitative estimate of drug-likeness (QED) is 0.171. The smallest absolute Gasteiger partial charge is 0.159 e. The molecule has 11 rings (SSSR count). The number of nitrogens with zero attached hydrogens (tertiary/aromatic N) is 1. The highest BCUT2D eigenvalue weighted by atomic mass is 16.3. The van der Waals surface area contributed by atoms with Crippen molar-refractivity contribution in [1.29, 1.82) is 0 Å². The molecule has 0 radical (unpaired) electrons. The van der Waals surface area contributed by atoms with Crippen molar-refractivity contribution in [3.05, 3.63) is 212 Å². The summed E-state index contributed by atoms with van der Waals surface area (Å²) in [6.07, 6.45) is 0. The molecule has 2 nitrogen and oxygen atoms in total. The van der Waals surface area contributed by atoms with Gasteiger partial charge in [-0.05, 0) is 114 Å². The molecule has 2 heteroatoms. The Morgan fingerprint density at radius 3 is 1.64 bits per heavy atom. The van der Waals surface area contributed by atoms with Gasteiger partial charge >= 0.3 is 0 Å². The summed E-state index contributed by atoms with van der Waals surface area (Å²) in [7, 11) is 0. The maximum absolute atomic E-state index is 6.65. The maximum atomic E-state index is 6.65. The lowest BCUT2D eigenvalue weighted by Crippen LogP contribution is -2.10. The van der Waals surface area contributed by atoms with Gasteiger partial charge in [0.1, 0.15) is 5.58 Å². The molecular formula is C54H35NO. The second-order valence-electron chi connectivity index (χ2n) is 14.5. The van der Waals surface area contributed by atoms with Crippen molar-refractivity contribution in [2.24, 2.45) is 0 Å². The molecule has 11 aromatic rings. The van der Waals surface area contributed by atoms with E-state index in [1.165, 1.54) is 65.7 Å². The molecule has 0 aliphatic heterocycles. The van der Waals surface area contributed by atoms with E-state index in [4.69, 9.17) is 4.42 Å². The zero-order chi connectivity index (χ0) is 37.0. The molecule has 0 amide bonds. The van der Waals surface area contributed by atoms with Gasteiger partial charge in [0.05, 0.1) is 5.69 Å². The van der Waals surface area contributed by atoms with E-state index >= 15 is 0 Å². The lowest BCUT2D eigenvalue weighted by atomic mass is 9.91. The van der Waals surface area contributed by atoms with Crippen molar-refractivity contribution in [2.75, 3.05) is 4.90 Å². The minimum atomic E-state index is 0.867. The number of rotatable bonds is 6. The van der Waals surface area contributed by atoms with Gasteiger partial charge in [-0.1, -0.05) is 164 Å². The van der Waals surface area contributed by atoms with Gasteiger partial charge in [0.25, 0.3) is 0 Å². The summed E-state index contributed by atoms with van der Waals surface area (Å²) in [4.78, 5) is 2.34. The van der Waals surface area contributed by atoms with E-state index in [1.54, 1.807) is 0 Å². The van der Waals surface area contributed by atoms with Crippen LogP contribution in [0, 0.1) is 0 Å². The van der Waals surface area contributed by atoms with Crippen LogP contribution in [-0.2, 0) is 0 Å². The van der Waals surface area contributed by atoms with Crippen LogP contribution < -0.4 is 4.90 Å². The summed E-state index contributed by atoms with van der Waals surface area (Å²) >= 11 is 0. The van der Waals surface area contributed by atoms with Gasteiger partial charge in [-0.25, -0.2) is 0 Å². The van der Waals surface area contributed by atoms with Gasteiger partial charge in [-0.2, -0.15) is 0 Å². The van der Waals surface area contributed by atoms with Crippen LogP contribution >= 0.6 is 0 Å². The Morgan fingerprint density at radius 2 is 0.857 bits per heavy atom. The van der Waals surface area contributed by atoms with E-state index in [1.807, 2.05) is 6.07 Å². The van der Waals surface area contributed by atoms with Crippen molar-refractivity contribution in [3.63, 3.8) is 0 Å². The van der Waals surface area contributed by atoms with Crippen LogP contribution in [-0.4, -0.2) is 0 Å². The van der Waals surface area contributed by atoms with Crippen LogP contribution in [0.4, 0.5) is 17.1 Å². The summed E-state index contributed by atoms with van der Waals surface area (Å²) in [5.41, 5.74) is 12.1. The number of anilines is 3. The molecule has 262 valence electrons. The van der Waals surface area contributed by atoms with Crippen LogP contribution in [0.3, 0.4) is 0 Å². The number of para-hydroxylation sites is 2. The Hall–Kier alpha value is -7.42. The number of hydrogen-bond donors (Lipinski definition) is 0. The molecule has 10 aromatic carbocycles. The van der Waals surface area contributed by atoms with Crippen molar-refractivity contribution in [3.8, 4) is 33.4 Å². The molecule has 0 N–H and O–H groups in total. The zero-order valence-electron chi connectivity index (χ0n) is 30.6. The minimum absolute atomic E-state index is 0.867. The molecule has 1 aromatic heterocycles. The number of fused-ring (bicyclic) bond motifs is 6. The first kappa shape index (κ1) is 32.0. The summed E-state index contributed by atoms with van der Waals surface area (Å²) in [6.45, 7) is 0. The second kappa shape index (κ2) is 13.2. The standard InChI is InChI=1S/C54H35NO/c1-2-12-37(13-3-1)47-18-8-15-39-16-9-19-48(53(39)47)38-27-30-45(31-28-38)55(51-21-10-20-50-49-17-6-7-22-52(49)56-54(50)51)46-32-29-43-34-42(25-26-44(43)35-46)41-24-23-36-11-4-5-14-40(36)33-41/h1-35H. The molecule has 0 aliphatic rings. The summed E-state index contributed by atoms with van der Waals surface area (Å²) in [5, 5.41) is 9.58. The second-order valence-corrected chi connectivity index (χ2v) is 14.5. The number of hydrogen-bond acceptors (Lipinski definition) is 2. The predicted octanol–water partition coefficient (Wildman–Crippen LogP) is 15.5. The third-order valence-electron chi connectivity index (χ3n) is 11.2. The highest BCUT2D eigenvalue weighted by molar-refractivity contribution is 6.11. The minimum Gasteiger partial charge on any atom is -0.454 e. The summed E-state index contributed by atoms with van der Waals surface area (Å²) < 4.78 is 6.65. The Morgan fingerprint density at radius 1 is 0.321 bits per heavy atom. The molecule has 0 fully saturated rings. The Bertz CT molecular complexity index is 3240. The molecule has 0 unspecified atom stereocenters. The summed E-state index contributed by atoms with van der Waals surface area (Å²) in [6, 6.07) is 76.5. The Balaban J connectivity index is 1.05. The van der Waals surface area contributed by atoms with Crippen LogP contribution in [0.2, 0.25) is 0 Å². The largest absolute Gasteiger partial charge is 0.454 e. The first-order valence-electron chi connectivity index (χ1n) is 19.2. The van der Waals surface area contributed by atoms with Gasteiger partial charge < -0.3 is 9.32 Å². The number of benzene rings is 10. The molecule has 0 bridgehead atoms. The van der Waals surface area contributed by atoms with Crippen molar-refractivity contribution in [2.45, 2.75) is 0 Å². The molecule has 0 saturated carbocycles. The van der Waals surface area contributed by atoms with E-state index in [9.17, 15) is 0 Å². The van der Waals surface area contributed by atoms with Crippen LogP contribution in [0.15, 0.2) is 217 Å². The molecule has 0 atom stereocenters. The van der Waals surface area contributed by atoms with Crippen molar-refractivity contribution < 1.29 is 4.42 Å². The van der Waals surface area contributed by atoms with E-state index in [0.717, 1.165) is 39.0 Å². The fraction of sp³-hybridized carbons (Fsp3) is 0. The fourth-order valence-electron chi connectivity index (χ4n) is 8.49. The SMILES string of the molecule is c1ccc(-c2cccc3cccc(-c4ccc(N(c5ccc6cc(-c7ccc8ccccc8c7)ccc6c5)c5cccc6c5oc5ccccc56)cc4)c23)cc1. The summed E-state index contributed by atoms with van der Waals surface area (Å²) in [5.74, 6) is 0. The molecule has 56 heavy (non-hydrogen) atoms. The predicted molar refractivity (Wildman–Crippen MR) is 237 cm³/mol. The molecule has 0 saturated heterocycles. The van der Waals surface area contributed by atoms with Gasteiger partial charge in [-0.3, -0.25) is 0 Å². The maximum Gasteiger partial charge on any atom is 0.159 e. The average Bonchev–Trinajstić information content (AvgIpc) is 3.66. The first-order chi connectivity index (χ1) is 27.7. The highest BCUT2D eigenvalue weighted by Gasteiger charge is 2.20. The fourth-order valence-corrected chi connectivity index (χ4v) is 8.49. The van der Waals surface area contributed by atoms with E-state index < -0.39 is 0 Å².